The summed E-state index contributed by atoms with van der Waals surface area (Å²) in [5.41, 5.74) is 0.321. The van der Waals surface area contributed by atoms with Gasteiger partial charge in [-0.05, 0) is 37.5 Å². The van der Waals surface area contributed by atoms with Crippen molar-refractivity contribution in [3.05, 3.63) is 47.3 Å². The van der Waals surface area contributed by atoms with Crippen LogP contribution in [0, 0.1) is 5.82 Å². The highest BCUT2D eigenvalue weighted by atomic mass is 19.1. The summed E-state index contributed by atoms with van der Waals surface area (Å²) >= 11 is 0. The van der Waals surface area contributed by atoms with Crippen LogP contribution in [0.4, 0.5) is 10.1 Å². The van der Waals surface area contributed by atoms with Crippen LogP contribution in [0.1, 0.15) is 40.0 Å². The van der Waals surface area contributed by atoms with Crippen molar-refractivity contribution in [1.29, 1.82) is 0 Å². The fourth-order valence-electron chi connectivity index (χ4n) is 3.42. The number of rotatable bonds is 6. The first-order valence-electron chi connectivity index (χ1n) is 9.68. The number of carbonyl (C=O) groups excluding carboxylic acids is 2. The van der Waals surface area contributed by atoms with Gasteiger partial charge < -0.3 is 24.4 Å². The fraction of sp³-hybridized carbons (Fsp3) is 0.364. The van der Waals surface area contributed by atoms with E-state index in [1.54, 1.807) is 4.90 Å². The molecule has 30 heavy (non-hydrogen) atoms. The number of halogens is 1. The predicted octanol–water partition coefficient (Wildman–Crippen LogP) is 3.73. The lowest BCUT2D eigenvalue weighted by molar-refractivity contribution is 0.0725. The summed E-state index contributed by atoms with van der Waals surface area (Å²) < 4.78 is 29.9. The molecule has 160 valence electrons. The highest BCUT2D eigenvalue weighted by molar-refractivity contribution is 6.09. The second-order valence-electron chi connectivity index (χ2n) is 6.91. The average Bonchev–Trinajstić information content (AvgIpc) is 2.78. The van der Waals surface area contributed by atoms with E-state index in [9.17, 15) is 14.0 Å². The van der Waals surface area contributed by atoms with Crippen molar-refractivity contribution in [1.82, 2.24) is 4.90 Å². The number of ether oxygens (including phenoxy) is 3. The summed E-state index contributed by atoms with van der Waals surface area (Å²) in [4.78, 5) is 27.6. The zero-order chi connectivity index (χ0) is 21.7. The number of amides is 2. The van der Waals surface area contributed by atoms with Gasteiger partial charge in [0.15, 0.2) is 11.5 Å². The van der Waals surface area contributed by atoms with Crippen molar-refractivity contribution in [3.63, 3.8) is 0 Å². The summed E-state index contributed by atoms with van der Waals surface area (Å²) in [7, 11) is 4.34. The number of hydrogen-bond acceptors (Lipinski definition) is 5. The Morgan fingerprint density at radius 1 is 0.900 bits per heavy atom. The molecule has 1 heterocycles. The van der Waals surface area contributed by atoms with Crippen molar-refractivity contribution in [2.75, 3.05) is 39.7 Å². The van der Waals surface area contributed by atoms with Gasteiger partial charge in [0, 0.05) is 25.2 Å². The Morgan fingerprint density at radius 2 is 1.57 bits per heavy atom. The number of hydrogen-bond donors (Lipinski definition) is 1. The fourth-order valence-corrected chi connectivity index (χ4v) is 3.42. The van der Waals surface area contributed by atoms with Crippen molar-refractivity contribution >= 4 is 17.5 Å². The van der Waals surface area contributed by atoms with E-state index in [0.29, 0.717) is 30.3 Å². The van der Waals surface area contributed by atoms with Crippen LogP contribution in [-0.4, -0.2) is 51.1 Å². The van der Waals surface area contributed by atoms with Crippen LogP contribution in [0.15, 0.2) is 30.3 Å². The quantitative estimate of drug-likeness (QED) is 0.777. The first-order chi connectivity index (χ1) is 14.5. The van der Waals surface area contributed by atoms with Gasteiger partial charge in [-0.25, -0.2) is 4.39 Å². The number of methoxy groups -OCH3 is 3. The molecule has 7 nitrogen and oxygen atoms in total. The average molecular weight is 416 g/mol. The molecule has 3 rings (SSSR count). The molecular weight excluding hydrogens is 391 g/mol. The molecule has 1 N–H and O–H groups in total. The Balaban J connectivity index is 1.97. The van der Waals surface area contributed by atoms with Gasteiger partial charge >= 0.3 is 0 Å². The molecule has 0 aromatic heterocycles. The van der Waals surface area contributed by atoms with E-state index >= 15 is 0 Å². The minimum absolute atomic E-state index is 0.165. The lowest BCUT2D eigenvalue weighted by Crippen LogP contribution is -2.36. The zero-order valence-corrected chi connectivity index (χ0v) is 17.3. The maximum Gasteiger partial charge on any atom is 0.258 e. The molecule has 1 aliphatic rings. The topological polar surface area (TPSA) is 77.1 Å². The smallest absolute Gasteiger partial charge is 0.258 e. The van der Waals surface area contributed by atoms with Crippen molar-refractivity contribution in [2.24, 2.45) is 0 Å². The number of piperidine rings is 1. The molecule has 0 radical (unpaired) electrons. The van der Waals surface area contributed by atoms with Crippen LogP contribution < -0.4 is 19.5 Å². The summed E-state index contributed by atoms with van der Waals surface area (Å²) in [5, 5.41) is 2.65. The molecule has 0 aliphatic carbocycles. The number of carbonyl (C=O) groups is 2. The summed E-state index contributed by atoms with van der Waals surface area (Å²) in [6.45, 7) is 1.29. The summed E-state index contributed by atoms with van der Waals surface area (Å²) in [6.07, 6.45) is 2.94. The van der Waals surface area contributed by atoms with E-state index in [1.807, 2.05) is 0 Å². The maximum atomic E-state index is 14.3. The molecule has 0 unspecified atom stereocenters. The molecule has 2 aromatic rings. The van der Waals surface area contributed by atoms with E-state index in [4.69, 9.17) is 14.2 Å². The number of nitrogens with zero attached hydrogens (tertiary/aromatic N) is 1. The SMILES string of the molecule is COc1ccc(C(=O)Nc2cc(OC)c(OC)cc2C(=O)N2CCCCC2)c(F)c1. The molecule has 1 fully saturated rings. The third-order valence-corrected chi connectivity index (χ3v) is 5.07. The highest BCUT2D eigenvalue weighted by Crippen LogP contribution is 2.35. The van der Waals surface area contributed by atoms with Crippen molar-refractivity contribution in [2.45, 2.75) is 19.3 Å². The number of benzene rings is 2. The number of nitrogens with one attached hydrogen (secondary N) is 1. The molecular formula is C22H25FN2O5. The van der Waals surface area contributed by atoms with Crippen LogP contribution in [0.25, 0.3) is 0 Å². The lowest BCUT2D eigenvalue weighted by atomic mass is 10.1. The largest absolute Gasteiger partial charge is 0.497 e. The highest BCUT2D eigenvalue weighted by Gasteiger charge is 2.25. The van der Waals surface area contributed by atoms with Gasteiger partial charge in [-0.1, -0.05) is 0 Å². The Hall–Kier alpha value is -3.29. The second-order valence-corrected chi connectivity index (χ2v) is 6.91. The van der Waals surface area contributed by atoms with Gasteiger partial charge in [0.1, 0.15) is 11.6 Å². The molecule has 0 atom stereocenters. The molecule has 0 spiro atoms. The standard InChI is InChI=1S/C22H25FN2O5/c1-28-14-7-8-15(17(23)11-14)21(26)24-18-13-20(30-3)19(29-2)12-16(18)22(27)25-9-5-4-6-10-25/h7-8,11-13H,4-6,9-10H2,1-3H3,(H,24,26). The number of anilines is 1. The molecule has 0 bridgehead atoms. The van der Waals surface area contributed by atoms with Crippen LogP contribution in [0.5, 0.6) is 17.2 Å². The molecule has 2 aromatic carbocycles. The van der Waals surface area contributed by atoms with E-state index in [-0.39, 0.29) is 22.7 Å². The van der Waals surface area contributed by atoms with Gasteiger partial charge in [-0.3, -0.25) is 9.59 Å². The normalized spacial score (nSPS) is 13.5. The minimum Gasteiger partial charge on any atom is -0.497 e. The Bertz CT molecular complexity index is 941. The lowest BCUT2D eigenvalue weighted by Gasteiger charge is -2.28. The monoisotopic (exact) mass is 416 g/mol. The molecule has 1 saturated heterocycles. The predicted molar refractivity (Wildman–Crippen MR) is 110 cm³/mol. The first kappa shape index (κ1) is 21.4. The van der Waals surface area contributed by atoms with E-state index in [0.717, 1.165) is 25.3 Å². The van der Waals surface area contributed by atoms with Crippen molar-refractivity contribution in [3.8, 4) is 17.2 Å². The Morgan fingerprint density at radius 3 is 2.17 bits per heavy atom. The van der Waals surface area contributed by atoms with E-state index in [2.05, 4.69) is 5.32 Å². The Kier molecular flexibility index (Phi) is 6.76. The Labute approximate surface area is 174 Å². The molecule has 8 heteroatoms. The molecule has 1 aliphatic heterocycles. The van der Waals surface area contributed by atoms with Crippen LogP contribution in [0.2, 0.25) is 0 Å². The third kappa shape index (κ3) is 4.48. The van der Waals surface area contributed by atoms with Gasteiger partial charge in [-0.15, -0.1) is 0 Å². The summed E-state index contributed by atoms with van der Waals surface area (Å²) in [5.74, 6) is -0.617. The third-order valence-electron chi connectivity index (χ3n) is 5.07. The van der Waals surface area contributed by atoms with Gasteiger partial charge in [-0.2, -0.15) is 0 Å². The van der Waals surface area contributed by atoms with Crippen molar-refractivity contribution < 1.29 is 28.2 Å². The molecule has 0 saturated carbocycles. The van der Waals surface area contributed by atoms with Crippen LogP contribution >= 0.6 is 0 Å². The van der Waals surface area contributed by atoms with Gasteiger partial charge in [0.25, 0.3) is 11.8 Å². The van der Waals surface area contributed by atoms with Gasteiger partial charge in [0.05, 0.1) is 38.1 Å². The minimum atomic E-state index is -0.726. The zero-order valence-electron chi connectivity index (χ0n) is 17.3. The maximum absolute atomic E-state index is 14.3. The van der Waals surface area contributed by atoms with Crippen LogP contribution in [-0.2, 0) is 0 Å². The van der Waals surface area contributed by atoms with E-state index in [1.165, 1.54) is 45.6 Å². The summed E-state index contributed by atoms with van der Waals surface area (Å²) in [6, 6.07) is 7.00. The van der Waals surface area contributed by atoms with E-state index < -0.39 is 11.7 Å². The number of likely N-dealkylation sites (tertiary alicyclic amines) is 1. The first-order valence-corrected chi connectivity index (χ1v) is 9.68. The molecule has 2 amide bonds. The van der Waals surface area contributed by atoms with Gasteiger partial charge in [0.2, 0.25) is 0 Å². The second kappa shape index (κ2) is 9.47. The van der Waals surface area contributed by atoms with Crippen LogP contribution in [0.3, 0.4) is 0 Å².